The summed E-state index contributed by atoms with van der Waals surface area (Å²) in [5.74, 6) is -0.216. The molecule has 1 fully saturated rings. The van der Waals surface area contributed by atoms with Crippen molar-refractivity contribution in [3.8, 4) is 0 Å². The van der Waals surface area contributed by atoms with Crippen LogP contribution in [0, 0.1) is 5.82 Å². The normalized spacial score (nSPS) is 20.0. The van der Waals surface area contributed by atoms with Crippen LogP contribution in [0.5, 0.6) is 0 Å². The number of hydrogen-bond donors (Lipinski definition) is 0. The van der Waals surface area contributed by atoms with Gasteiger partial charge in [-0.05, 0) is 45.4 Å². The lowest BCUT2D eigenvalue weighted by Crippen LogP contribution is -2.54. The van der Waals surface area contributed by atoms with Gasteiger partial charge in [-0.15, -0.1) is 0 Å². The zero-order valence-electron chi connectivity index (χ0n) is 13.8. The van der Waals surface area contributed by atoms with Crippen molar-refractivity contribution < 1.29 is 13.9 Å². The summed E-state index contributed by atoms with van der Waals surface area (Å²) in [6.07, 6.45) is -0.249. The average Bonchev–Trinajstić information content (AvgIpc) is 2.41. The van der Waals surface area contributed by atoms with Crippen LogP contribution in [-0.4, -0.2) is 47.2 Å². The molecule has 1 aliphatic heterocycles. The first kappa shape index (κ1) is 16.7. The van der Waals surface area contributed by atoms with Gasteiger partial charge in [-0.2, -0.15) is 0 Å². The smallest absolute Gasteiger partial charge is 0.410 e. The lowest BCUT2D eigenvalue weighted by molar-refractivity contribution is 0.00461. The lowest BCUT2D eigenvalue weighted by atomic mass is 10.1. The Morgan fingerprint density at radius 1 is 1.27 bits per heavy atom. The Bertz CT molecular complexity index is 510. The molecule has 0 spiro atoms. The molecular weight excluding hydrogens is 283 g/mol. The molecule has 22 heavy (non-hydrogen) atoms. The Hall–Kier alpha value is -1.62. The largest absolute Gasteiger partial charge is 0.444 e. The Kier molecular flexibility index (Phi) is 5.06. The van der Waals surface area contributed by atoms with Gasteiger partial charge in [0.15, 0.2) is 0 Å². The average molecular weight is 308 g/mol. The topological polar surface area (TPSA) is 32.8 Å². The SMILES string of the molecule is C[C@@H]1CN(C(=O)OC(C)(C)C)CCN1Cc1ccc(F)cc1. The van der Waals surface area contributed by atoms with E-state index in [1.807, 2.05) is 32.9 Å². The lowest BCUT2D eigenvalue weighted by Gasteiger charge is -2.40. The minimum absolute atomic E-state index is 0.216. The Morgan fingerprint density at radius 3 is 2.45 bits per heavy atom. The molecule has 1 heterocycles. The minimum atomic E-state index is -0.467. The summed E-state index contributed by atoms with van der Waals surface area (Å²) in [5, 5.41) is 0. The number of carbonyl (C=O) groups is 1. The quantitative estimate of drug-likeness (QED) is 0.840. The number of hydrogen-bond acceptors (Lipinski definition) is 3. The van der Waals surface area contributed by atoms with Gasteiger partial charge < -0.3 is 9.64 Å². The zero-order chi connectivity index (χ0) is 16.3. The van der Waals surface area contributed by atoms with Crippen LogP contribution in [0.2, 0.25) is 0 Å². The minimum Gasteiger partial charge on any atom is -0.444 e. The van der Waals surface area contributed by atoms with E-state index in [9.17, 15) is 9.18 Å². The van der Waals surface area contributed by atoms with Crippen molar-refractivity contribution >= 4 is 6.09 Å². The Labute approximate surface area is 131 Å². The van der Waals surface area contributed by atoms with Gasteiger partial charge in [0.25, 0.3) is 0 Å². The second-order valence-corrected chi connectivity index (χ2v) is 6.87. The highest BCUT2D eigenvalue weighted by molar-refractivity contribution is 5.68. The molecule has 0 unspecified atom stereocenters. The van der Waals surface area contributed by atoms with E-state index in [-0.39, 0.29) is 18.0 Å². The number of nitrogens with zero attached hydrogens (tertiary/aromatic N) is 2. The van der Waals surface area contributed by atoms with Crippen molar-refractivity contribution in [2.24, 2.45) is 0 Å². The van der Waals surface area contributed by atoms with Crippen molar-refractivity contribution in [2.45, 2.75) is 45.9 Å². The third-order valence-corrected chi connectivity index (χ3v) is 3.72. The predicted molar refractivity (Wildman–Crippen MR) is 84.1 cm³/mol. The predicted octanol–water partition coefficient (Wildman–Crippen LogP) is 3.27. The van der Waals surface area contributed by atoms with Crippen molar-refractivity contribution in [2.75, 3.05) is 19.6 Å². The molecular formula is C17H25FN2O2. The summed E-state index contributed by atoms with van der Waals surface area (Å²) in [7, 11) is 0. The summed E-state index contributed by atoms with van der Waals surface area (Å²) in [4.78, 5) is 16.2. The van der Waals surface area contributed by atoms with Gasteiger partial charge in [0.2, 0.25) is 0 Å². The molecule has 1 aliphatic rings. The van der Waals surface area contributed by atoms with Gasteiger partial charge in [-0.1, -0.05) is 12.1 Å². The fraction of sp³-hybridized carbons (Fsp3) is 0.588. The number of carbonyl (C=O) groups excluding carboxylic acids is 1. The molecule has 0 bridgehead atoms. The van der Waals surface area contributed by atoms with Crippen molar-refractivity contribution in [1.29, 1.82) is 0 Å². The second kappa shape index (κ2) is 6.65. The molecule has 0 N–H and O–H groups in total. The van der Waals surface area contributed by atoms with E-state index in [4.69, 9.17) is 4.74 Å². The highest BCUT2D eigenvalue weighted by Gasteiger charge is 2.29. The number of ether oxygens (including phenoxy) is 1. The van der Waals surface area contributed by atoms with E-state index in [0.29, 0.717) is 13.1 Å². The molecule has 4 nitrogen and oxygen atoms in total. The maximum Gasteiger partial charge on any atom is 0.410 e. The summed E-state index contributed by atoms with van der Waals surface area (Å²) < 4.78 is 18.4. The Balaban J connectivity index is 1.90. The number of piperazine rings is 1. The van der Waals surface area contributed by atoms with Crippen molar-refractivity contribution in [3.05, 3.63) is 35.6 Å². The van der Waals surface area contributed by atoms with E-state index in [1.54, 1.807) is 4.90 Å². The third kappa shape index (κ3) is 4.70. The van der Waals surface area contributed by atoms with E-state index in [1.165, 1.54) is 12.1 Å². The van der Waals surface area contributed by atoms with Crippen LogP contribution in [0.3, 0.4) is 0 Å². The monoisotopic (exact) mass is 308 g/mol. The third-order valence-electron chi connectivity index (χ3n) is 3.72. The molecule has 5 heteroatoms. The molecule has 0 saturated carbocycles. The van der Waals surface area contributed by atoms with E-state index < -0.39 is 5.60 Å². The molecule has 1 saturated heterocycles. The fourth-order valence-corrected chi connectivity index (χ4v) is 2.55. The highest BCUT2D eigenvalue weighted by atomic mass is 19.1. The first-order valence-electron chi connectivity index (χ1n) is 7.71. The van der Waals surface area contributed by atoms with Gasteiger partial charge in [0.1, 0.15) is 11.4 Å². The van der Waals surface area contributed by atoms with Gasteiger partial charge in [0.05, 0.1) is 0 Å². The first-order valence-corrected chi connectivity index (χ1v) is 7.71. The van der Waals surface area contributed by atoms with Gasteiger partial charge in [-0.25, -0.2) is 9.18 Å². The van der Waals surface area contributed by atoms with Crippen LogP contribution in [0.4, 0.5) is 9.18 Å². The van der Waals surface area contributed by atoms with Crippen LogP contribution in [-0.2, 0) is 11.3 Å². The molecule has 0 aromatic heterocycles. The fourth-order valence-electron chi connectivity index (χ4n) is 2.55. The molecule has 1 aromatic rings. The molecule has 0 radical (unpaired) electrons. The van der Waals surface area contributed by atoms with Gasteiger partial charge in [0, 0.05) is 32.2 Å². The maximum atomic E-state index is 12.9. The number of halogens is 1. The summed E-state index contributed by atoms with van der Waals surface area (Å²) >= 11 is 0. The molecule has 2 rings (SSSR count). The first-order chi connectivity index (χ1) is 10.2. The van der Waals surface area contributed by atoms with Crippen LogP contribution in [0.1, 0.15) is 33.3 Å². The molecule has 1 amide bonds. The van der Waals surface area contributed by atoms with Gasteiger partial charge in [-0.3, -0.25) is 4.90 Å². The van der Waals surface area contributed by atoms with Crippen LogP contribution < -0.4 is 0 Å². The van der Waals surface area contributed by atoms with Crippen LogP contribution in [0.15, 0.2) is 24.3 Å². The number of rotatable bonds is 2. The van der Waals surface area contributed by atoms with Crippen molar-refractivity contribution in [1.82, 2.24) is 9.80 Å². The van der Waals surface area contributed by atoms with Crippen LogP contribution in [0.25, 0.3) is 0 Å². The van der Waals surface area contributed by atoms with Crippen LogP contribution >= 0.6 is 0 Å². The molecule has 1 aromatic carbocycles. The van der Waals surface area contributed by atoms with E-state index in [2.05, 4.69) is 11.8 Å². The summed E-state index contributed by atoms with van der Waals surface area (Å²) in [5.41, 5.74) is 0.616. The second-order valence-electron chi connectivity index (χ2n) is 6.87. The maximum absolute atomic E-state index is 12.9. The van der Waals surface area contributed by atoms with E-state index in [0.717, 1.165) is 18.7 Å². The molecule has 0 aliphatic carbocycles. The van der Waals surface area contributed by atoms with Gasteiger partial charge >= 0.3 is 6.09 Å². The zero-order valence-corrected chi connectivity index (χ0v) is 13.8. The summed E-state index contributed by atoms with van der Waals surface area (Å²) in [6.45, 7) is 10.6. The van der Waals surface area contributed by atoms with Crippen molar-refractivity contribution in [3.63, 3.8) is 0 Å². The Morgan fingerprint density at radius 2 is 1.91 bits per heavy atom. The molecule has 122 valence electrons. The van der Waals surface area contributed by atoms with E-state index >= 15 is 0 Å². The highest BCUT2D eigenvalue weighted by Crippen LogP contribution is 2.17. The standard InChI is InChI=1S/C17H25FN2O2/c1-13-11-20(16(21)22-17(2,3)4)10-9-19(13)12-14-5-7-15(18)8-6-14/h5-8,13H,9-12H2,1-4H3/t13-/m1/s1. The summed E-state index contributed by atoms with van der Waals surface area (Å²) in [6, 6.07) is 6.82. The number of amides is 1. The number of benzene rings is 1. The molecule has 1 atom stereocenters.